The topological polar surface area (TPSA) is 76.7 Å². The van der Waals surface area contributed by atoms with Crippen LogP contribution in [0.25, 0.3) is 0 Å². The third-order valence-electron chi connectivity index (χ3n) is 4.02. The smallest absolute Gasteiger partial charge is 0.356 e. The Balaban J connectivity index is 2.45. The highest BCUT2D eigenvalue weighted by molar-refractivity contribution is 6.43. The Morgan fingerprint density at radius 3 is 2.64 bits per heavy atom. The second-order valence-electron chi connectivity index (χ2n) is 5.73. The van der Waals surface area contributed by atoms with Crippen molar-refractivity contribution in [3.8, 4) is 0 Å². The zero-order chi connectivity index (χ0) is 18.4. The average Bonchev–Trinajstić information content (AvgIpc) is 2.60. The highest BCUT2D eigenvalue weighted by atomic mass is 19.3. The van der Waals surface area contributed by atoms with Crippen LogP contribution in [-0.4, -0.2) is 31.4 Å². The number of aliphatic imine (C=N–C) groups is 1. The Kier molecular flexibility index (Phi) is 6.64. The monoisotopic (exact) mass is 351 g/mol. The molecule has 0 amide bonds. The first-order valence-electron chi connectivity index (χ1n) is 8.26. The van der Waals surface area contributed by atoms with Gasteiger partial charge in [0.25, 0.3) is 6.43 Å². The van der Waals surface area contributed by atoms with Crippen molar-refractivity contribution in [2.75, 3.05) is 19.7 Å². The molecule has 1 atom stereocenters. The summed E-state index contributed by atoms with van der Waals surface area (Å²) < 4.78 is 31.6. The van der Waals surface area contributed by atoms with Crippen LogP contribution >= 0.6 is 0 Å². The lowest BCUT2D eigenvalue weighted by molar-refractivity contribution is -0.135. The van der Waals surface area contributed by atoms with Crippen molar-refractivity contribution in [2.45, 2.75) is 32.7 Å². The number of carbonyl (C=O) groups excluding carboxylic acids is 1. The Bertz CT molecular complexity index is 687. The molecule has 1 aliphatic heterocycles. The SMILES string of the molecule is CCOC(=O)C(=NC(C)c1ccccc1C(F)F)C1=C(N)CCNC1. The first kappa shape index (κ1) is 19.1. The highest BCUT2D eigenvalue weighted by Gasteiger charge is 2.25. The van der Waals surface area contributed by atoms with E-state index in [0.717, 1.165) is 6.54 Å². The molecular weight excluding hydrogens is 328 g/mol. The summed E-state index contributed by atoms with van der Waals surface area (Å²) in [7, 11) is 0. The number of nitrogens with zero attached hydrogens (tertiary/aromatic N) is 1. The van der Waals surface area contributed by atoms with Crippen molar-refractivity contribution in [3.63, 3.8) is 0 Å². The summed E-state index contributed by atoms with van der Waals surface area (Å²) >= 11 is 0. The number of ether oxygens (including phenoxy) is 1. The van der Waals surface area contributed by atoms with E-state index in [2.05, 4.69) is 10.3 Å². The Morgan fingerprint density at radius 2 is 2.04 bits per heavy atom. The van der Waals surface area contributed by atoms with Gasteiger partial charge in [0.05, 0.1) is 12.6 Å². The number of alkyl halides is 2. The van der Waals surface area contributed by atoms with Crippen LogP contribution < -0.4 is 11.1 Å². The molecule has 0 radical (unpaired) electrons. The minimum atomic E-state index is -2.61. The molecule has 1 heterocycles. The summed E-state index contributed by atoms with van der Waals surface area (Å²) in [6.45, 7) is 4.68. The minimum absolute atomic E-state index is 0.0920. The van der Waals surface area contributed by atoms with Gasteiger partial charge in [-0.05, 0) is 25.8 Å². The molecule has 0 aromatic heterocycles. The molecule has 7 heteroatoms. The van der Waals surface area contributed by atoms with Crippen LogP contribution in [0.2, 0.25) is 0 Å². The molecule has 25 heavy (non-hydrogen) atoms. The lowest BCUT2D eigenvalue weighted by Crippen LogP contribution is -2.35. The van der Waals surface area contributed by atoms with Crippen molar-refractivity contribution in [3.05, 3.63) is 46.7 Å². The van der Waals surface area contributed by atoms with Gasteiger partial charge in [0.1, 0.15) is 5.71 Å². The number of halogens is 2. The van der Waals surface area contributed by atoms with Crippen molar-refractivity contribution in [1.29, 1.82) is 0 Å². The van der Waals surface area contributed by atoms with Crippen LogP contribution in [0.4, 0.5) is 8.78 Å². The van der Waals surface area contributed by atoms with Gasteiger partial charge >= 0.3 is 5.97 Å². The maximum atomic E-state index is 13.2. The van der Waals surface area contributed by atoms with Gasteiger partial charge < -0.3 is 15.8 Å². The van der Waals surface area contributed by atoms with Gasteiger partial charge in [0.2, 0.25) is 0 Å². The van der Waals surface area contributed by atoms with E-state index in [1.165, 1.54) is 6.07 Å². The van der Waals surface area contributed by atoms with E-state index < -0.39 is 18.4 Å². The Hall–Kier alpha value is -2.28. The molecule has 1 aromatic carbocycles. The van der Waals surface area contributed by atoms with Crippen molar-refractivity contribution in [1.82, 2.24) is 5.32 Å². The second kappa shape index (κ2) is 8.71. The number of hydrogen-bond acceptors (Lipinski definition) is 5. The molecule has 1 aromatic rings. The fourth-order valence-electron chi connectivity index (χ4n) is 2.74. The summed E-state index contributed by atoms with van der Waals surface area (Å²) in [5.41, 5.74) is 7.57. The van der Waals surface area contributed by atoms with Gasteiger partial charge in [-0.1, -0.05) is 24.3 Å². The molecule has 0 spiro atoms. The first-order valence-corrected chi connectivity index (χ1v) is 8.26. The molecule has 2 rings (SSSR count). The number of benzene rings is 1. The maximum Gasteiger partial charge on any atom is 0.356 e. The summed E-state index contributed by atoms with van der Waals surface area (Å²) in [5.74, 6) is -0.592. The molecule has 0 aliphatic carbocycles. The van der Waals surface area contributed by atoms with Crippen LogP contribution in [0.3, 0.4) is 0 Å². The molecule has 1 unspecified atom stereocenters. The summed E-state index contributed by atoms with van der Waals surface area (Å²) in [6.07, 6.45) is -2.02. The van der Waals surface area contributed by atoms with Crippen LogP contribution in [0.1, 0.15) is 43.9 Å². The lowest BCUT2D eigenvalue weighted by atomic mass is 10.00. The molecular formula is C18H23F2N3O2. The van der Waals surface area contributed by atoms with E-state index in [4.69, 9.17) is 10.5 Å². The van der Waals surface area contributed by atoms with E-state index in [1.807, 2.05) is 0 Å². The molecule has 136 valence electrons. The van der Waals surface area contributed by atoms with E-state index in [1.54, 1.807) is 32.0 Å². The standard InChI is InChI=1S/C18H23F2N3O2/c1-3-25-18(24)16(14-10-22-9-8-15(14)21)23-11(2)12-6-4-5-7-13(12)17(19)20/h4-7,11,17,22H,3,8-10,21H2,1-2H3. The van der Waals surface area contributed by atoms with Crippen LogP contribution in [0, 0.1) is 0 Å². The molecule has 0 fully saturated rings. The van der Waals surface area contributed by atoms with Crippen molar-refractivity contribution in [2.24, 2.45) is 10.7 Å². The average molecular weight is 351 g/mol. The van der Waals surface area contributed by atoms with E-state index in [9.17, 15) is 13.6 Å². The number of nitrogens with one attached hydrogen (secondary N) is 1. The van der Waals surface area contributed by atoms with E-state index in [-0.39, 0.29) is 17.9 Å². The summed E-state index contributed by atoms with van der Waals surface area (Å²) in [4.78, 5) is 16.8. The Labute approximate surface area is 146 Å². The minimum Gasteiger partial charge on any atom is -0.461 e. The maximum absolute atomic E-state index is 13.2. The zero-order valence-electron chi connectivity index (χ0n) is 14.4. The van der Waals surface area contributed by atoms with Crippen LogP contribution in [0.15, 0.2) is 40.5 Å². The summed E-state index contributed by atoms with van der Waals surface area (Å²) in [6, 6.07) is 5.56. The van der Waals surface area contributed by atoms with Gasteiger partial charge in [-0.25, -0.2) is 13.6 Å². The van der Waals surface area contributed by atoms with E-state index >= 15 is 0 Å². The predicted octanol–water partition coefficient (Wildman–Crippen LogP) is 2.90. The van der Waals surface area contributed by atoms with Gasteiger partial charge in [-0.3, -0.25) is 4.99 Å². The summed E-state index contributed by atoms with van der Waals surface area (Å²) in [5, 5.41) is 3.14. The third-order valence-corrected chi connectivity index (χ3v) is 4.02. The number of esters is 1. The molecule has 0 bridgehead atoms. The number of rotatable bonds is 6. The Morgan fingerprint density at radius 1 is 1.36 bits per heavy atom. The molecule has 5 nitrogen and oxygen atoms in total. The normalized spacial score (nSPS) is 16.9. The van der Waals surface area contributed by atoms with Crippen LogP contribution in [-0.2, 0) is 9.53 Å². The largest absolute Gasteiger partial charge is 0.461 e. The third kappa shape index (κ3) is 4.63. The molecule has 1 aliphatic rings. The van der Waals surface area contributed by atoms with Crippen molar-refractivity contribution >= 4 is 11.7 Å². The van der Waals surface area contributed by atoms with Gasteiger partial charge in [-0.2, -0.15) is 0 Å². The van der Waals surface area contributed by atoms with Gasteiger partial charge in [-0.15, -0.1) is 0 Å². The predicted molar refractivity (Wildman–Crippen MR) is 92.6 cm³/mol. The lowest BCUT2D eigenvalue weighted by Gasteiger charge is -2.21. The fourth-order valence-corrected chi connectivity index (χ4v) is 2.74. The van der Waals surface area contributed by atoms with Gasteiger partial charge in [0.15, 0.2) is 0 Å². The van der Waals surface area contributed by atoms with Crippen LogP contribution in [0.5, 0.6) is 0 Å². The quantitative estimate of drug-likeness (QED) is 0.610. The second-order valence-corrected chi connectivity index (χ2v) is 5.73. The van der Waals surface area contributed by atoms with Gasteiger partial charge in [0, 0.05) is 29.9 Å². The number of carbonyl (C=O) groups is 1. The highest BCUT2D eigenvalue weighted by Crippen LogP contribution is 2.29. The number of nitrogens with two attached hydrogens (primary N) is 1. The zero-order valence-corrected chi connectivity index (χ0v) is 14.4. The molecule has 3 N–H and O–H groups in total. The number of hydrogen-bond donors (Lipinski definition) is 2. The fraction of sp³-hybridized carbons (Fsp3) is 0.444. The first-order chi connectivity index (χ1) is 12.0. The molecule has 0 saturated heterocycles. The molecule has 0 saturated carbocycles. The van der Waals surface area contributed by atoms with Crippen molar-refractivity contribution < 1.29 is 18.3 Å². The van der Waals surface area contributed by atoms with E-state index in [0.29, 0.717) is 29.8 Å².